The van der Waals surface area contributed by atoms with Gasteiger partial charge in [-0.2, -0.15) is 4.98 Å². The Balaban J connectivity index is 1.69. The molecule has 2 aromatic rings. The molecule has 0 aliphatic heterocycles. The Morgan fingerprint density at radius 3 is 2.81 bits per heavy atom. The minimum absolute atomic E-state index is 0.0637. The summed E-state index contributed by atoms with van der Waals surface area (Å²) in [6, 6.07) is 3.98. The molecule has 0 atom stereocenters. The van der Waals surface area contributed by atoms with E-state index in [2.05, 4.69) is 10.1 Å². The van der Waals surface area contributed by atoms with Crippen molar-refractivity contribution < 1.29 is 17.7 Å². The maximum absolute atomic E-state index is 11.2. The summed E-state index contributed by atoms with van der Waals surface area (Å²) in [6.45, 7) is 0.0637. The molecule has 1 aromatic heterocycles. The minimum atomic E-state index is -3.79. The van der Waals surface area contributed by atoms with Gasteiger partial charge < -0.3 is 9.26 Å². The first-order chi connectivity index (χ1) is 9.93. The van der Waals surface area contributed by atoms with Gasteiger partial charge in [-0.1, -0.05) is 16.8 Å². The topological polar surface area (TPSA) is 108 Å². The lowest BCUT2D eigenvalue weighted by atomic mass is 10.3. The van der Waals surface area contributed by atoms with Gasteiger partial charge >= 0.3 is 0 Å². The van der Waals surface area contributed by atoms with Crippen molar-refractivity contribution in [3.8, 4) is 5.75 Å². The Bertz CT molecular complexity index is 771. The summed E-state index contributed by atoms with van der Waals surface area (Å²) in [5.41, 5.74) is 0. The number of halogens is 1. The fourth-order valence-corrected chi connectivity index (χ4v) is 2.59. The number of aromatic nitrogens is 2. The van der Waals surface area contributed by atoms with Crippen molar-refractivity contribution in [1.82, 2.24) is 10.1 Å². The van der Waals surface area contributed by atoms with E-state index in [0.29, 0.717) is 23.4 Å². The van der Waals surface area contributed by atoms with E-state index in [9.17, 15) is 8.42 Å². The molecule has 1 aliphatic carbocycles. The monoisotopic (exact) mass is 329 g/mol. The second kappa shape index (κ2) is 5.28. The number of primary sulfonamides is 1. The fourth-order valence-electron chi connectivity index (χ4n) is 1.75. The summed E-state index contributed by atoms with van der Waals surface area (Å²) in [6.07, 6.45) is 2.17. The van der Waals surface area contributed by atoms with Crippen LogP contribution in [0.2, 0.25) is 5.02 Å². The van der Waals surface area contributed by atoms with Crippen molar-refractivity contribution in [2.24, 2.45) is 5.14 Å². The van der Waals surface area contributed by atoms with Gasteiger partial charge in [-0.3, -0.25) is 0 Å². The quantitative estimate of drug-likeness (QED) is 0.896. The molecule has 0 unspecified atom stereocenters. The molecule has 3 rings (SSSR count). The fraction of sp³-hybridized carbons (Fsp3) is 0.333. The number of rotatable bonds is 5. The smallest absolute Gasteiger partial charge is 0.264 e. The highest BCUT2D eigenvalue weighted by molar-refractivity contribution is 7.89. The molecule has 1 aliphatic rings. The Morgan fingerprint density at radius 2 is 2.19 bits per heavy atom. The lowest BCUT2D eigenvalue weighted by Crippen LogP contribution is -2.12. The van der Waals surface area contributed by atoms with E-state index in [-0.39, 0.29) is 16.5 Å². The highest BCUT2D eigenvalue weighted by Gasteiger charge is 2.28. The van der Waals surface area contributed by atoms with Gasteiger partial charge in [-0.15, -0.1) is 0 Å². The van der Waals surface area contributed by atoms with Crippen LogP contribution in [0.5, 0.6) is 5.75 Å². The number of nitrogens with zero attached hydrogens (tertiary/aromatic N) is 2. The van der Waals surface area contributed by atoms with Crippen molar-refractivity contribution in [2.75, 3.05) is 0 Å². The second-order valence-corrected chi connectivity index (χ2v) is 6.72. The zero-order chi connectivity index (χ0) is 15.0. The molecule has 0 radical (unpaired) electrons. The molecule has 7 nitrogen and oxygen atoms in total. The van der Waals surface area contributed by atoms with Crippen LogP contribution < -0.4 is 9.88 Å². The minimum Gasteiger partial charge on any atom is -0.482 e. The van der Waals surface area contributed by atoms with Crippen LogP contribution in [0.4, 0.5) is 0 Å². The molecule has 1 saturated carbocycles. The normalized spacial score (nSPS) is 15.1. The number of nitrogens with two attached hydrogens (primary N) is 1. The summed E-state index contributed by atoms with van der Waals surface area (Å²) < 4.78 is 32.9. The SMILES string of the molecule is NS(=O)(=O)c1ccc(OCc2nc(C3CC3)no2)c(Cl)c1. The molecule has 9 heteroatoms. The van der Waals surface area contributed by atoms with Crippen LogP contribution in [0.1, 0.15) is 30.5 Å². The number of ether oxygens (including phenoxy) is 1. The van der Waals surface area contributed by atoms with E-state index in [1.165, 1.54) is 18.2 Å². The average molecular weight is 330 g/mol. The molecule has 0 amide bonds. The summed E-state index contributed by atoms with van der Waals surface area (Å²) in [5.74, 6) is 1.77. The highest BCUT2D eigenvalue weighted by atomic mass is 35.5. The predicted molar refractivity (Wildman–Crippen MR) is 73.4 cm³/mol. The molecule has 1 fully saturated rings. The molecule has 1 heterocycles. The molecular formula is C12H12ClN3O4S. The van der Waals surface area contributed by atoms with Gasteiger partial charge in [0, 0.05) is 5.92 Å². The van der Waals surface area contributed by atoms with Gasteiger partial charge in [0.25, 0.3) is 5.89 Å². The molecule has 1 aromatic carbocycles. The van der Waals surface area contributed by atoms with Gasteiger partial charge in [0.05, 0.1) is 9.92 Å². The van der Waals surface area contributed by atoms with Crippen LogP contribution in [0.25, 0.3) is 0 Å². The largest absolute Gasteiger partial charge is 0.482 e. The van der Waals surface area contributed by atoms with Crippen LogP contribution in [0.15, 0.2) is 27.6 Å². The van der Waals surface area contributed by atoms with Crippen molar-refractivity contribution in [3.05, 3.63) is 34.9 Å². The average Bonchev–Trinajstić information content (AvgIpc) is 3.16. The second-order valence-electron chi connectivity index (χ2n) is 4.75. The first kappa shape index (κ1) is 14.3. The standard InChI is InChI=1S/C12H12ClN3O4S/c13-9-5-8(21(14,17)18)3-4-10(9)19-6-11-15-12(16-20-11)7-1-2-7/h3-5,7H,1-2,6H2,(H2,14,17,18). The lowest BCUT2D eigenvalue weighted by Gasteiger charge is -2.06. The Labute approximate surface area is 126 Å². The van der Waals surface area contributed by atoms with Crippen LogP contribution in [0, 0.1) is 0 Å². The van der Waals surface area contributed by atoms with E-state index in [4.69, 9.17) is 26.0 Å². The summed E-state index contributed by atoms with van der Waals surface area (Å²) in [5, 5.41) is 9.02. The summed E-state index contributed by atoms with van der Waals surface area (Å²) >= 11 is 5.96. The van der Waals surface area contributed by atoms with Crippen molar-refractivity contribution in [1.29, 1.82) is 0 Å². The van der Waals surface area contributed by atoms with Crippen LogP contribution in [-0.2, 0) is 16.6 Å². The van der Waals surface area contributed by atoms with E-state index in [1.807, 2.05) is 0 Å². The third-order valence-corrected chi connectivity index (χ3v) is 4.22. The van der Waals surface area contributed by atoms with Crippen molar-refractivity contribution in [3.63, 3.8) is 0 Å². The molecule has 0 bridgehead atoms. The lowest BCUT2D eigenvalue weighted by molar-refractivity contribution is 0.242. The first-order valence-corrected chi connectivity index (χ1v) is 8.13. The van der Waals surface area contributed by atoms with Gasteiger partial charge in [0.15, 0.2) is 12.4 Å². The van der Waals surface area contributed by atoms with E-state index >= 15 is 0 Å². The molecule has 112 valence electrons. The Hall–Kier alpha value is -1.64. The predicted octanol–water partition coefficient (Wildman–Crippen LogP) is 1.83. The number of hydrogen-bond acceptors (Lipinski definition) is 6. The van der Waals surface area contributed by atoms with Crippen molar-refractivity contribution >= 4 is 21.6 Å². The van der Waals surface area contributed by atoms with Gasteiger partial charge in [0.2, 0.25) is 10.0 Å². The van der Waals surface area contributed by atoms with Crippen molar-refractivity contribution in [2.45, 2.75) is 30.3 Å². The summed E-state index contributed by atoms with van der Waals surface area (Å²) in [4.78, 5) is 4.14. The Kier molecular flexibility index (Phi) is 3.60. The molecule has 0 saturated heterocycles. The Morgan fingerprint density at radius 1 is 1.43 bits per heavy atom. The van der Waals surface area contributed by atoms with Gasteiger partial charge in [-0.25, -0.2) is 13.6 Å². The maximum Gasteiger partial charge on any atom is 0.264 e. The maximum atomic E-state index is 11.2. The molecule has 21 heavy (non-hydrogen) atoms. The van der Waals surface area contributed by atoms with Crippen LogP contribution in [0.3, 0.4) is 0 Å². The third kappa shape index (κ3) is 3.34. The zero-order valence-electron chi connectivity index (χ0n) is 10.8. The first-order valence-electron chi connectivity index (χ1n) is 6.21. The molecular weight excluding hydrogens is 318 g/mol. The number of sulfonamides is 1. The highest BCUT2D eigenvalue weighted by Crippen LogP contribution is 2.38. The summed E-state index contributed by atoms with van der Waals surface area (Å²) in [7, 11) is -3.79. The van der Waals surface area contributed by atoms with E-state index in [1.54, 1.807) is 0 Å². The van der Waals surface area contributed by atoms with E-state index < -0.39 is 10.0 Å². The number of hydrogen-bond donors (Lipinski definition) is 1. The zero-order valence-corrected chi connectivity index (χ0v) is 12.4. The number of benzene rings is 1. The van der Waals surface area contributed by atoms with Gasteiger partial charge in [-0.05, 0) is 31.0 Å². The van der Waals surface area contributed by atoms with Crippen LogP contribution >= 0.6 is 11.6 Å². The van der Waals surface area contributed by atoms with E-state index in [0.717, 1.165) is 12.8 Å². The van der Waals surface area contributed by atoms with Gasteiger partial charge in [0.1, 0.15) is 5.75 Å². The molecule has 0 spiro atoms. The van der Waals surface area contributed by atoms with Crippen LogP contribution in [-0.4, -0.2) is 18.6 Å². The molecule has 2 N–H and O–H groups in total. The third-order valence-electron chi connectivity index (χ3n) is 3.01.